The van der Waals surface area contributed by atoms with Crippen LogP contribution in [0.4, 0.5) is 0 Å². The highest BCUT2D eigenvalue weighted by Crippen LogP contribution is 2.24. The van der Waals surface area contributed by atoms with E-state index in [1.54, 1.807) is 4.57 Å². The number of rotatable bonds is 9. The molecule has 0 bridgehead atoms. The molecule has 1 aromatic heterocycles. The number of nitrogens with zero attached hydrogens (tertiary/aromatic N) is 3. The Balaban J connectivity index is 2.19. The van der Waals surface area contributed by atoms with E-state index in [1.165, 1.54) is 0 Å². The minimum atomic E-state index is -0.311. The van der Waals surface area contributed by atoms with Gasteiger partial charge in [0, 0.05) is 13.0 Å². The van der Waals surface area contributed by atoms with E-state index in [2.05, 4.69) is 13.8 Å². The zero-order valence-corrected chi connectivity index (χ0v) is 19.1. The Kier molecular flexibility index (Phi) is 7.61. The minimum absolute atomic E-state index is 0.102. The number of amides is 1. The first-order valence-corrected chi connectivity index (χ1v) is 11.4. The molecule has 0 fully saturated rings. The molecule has 1 amide bonds. The molecule has 1 unspecified atom stereocenters. The number of benzene rings is 2. The van der Waals surface area contributed by atoms with Crippen LogP contribution in [-0.4, -0.2) is 26.9 Å². The fraction of sp³-hybridized carbons (Fsp3) is 0.423. The zero-order valence-electron chi connectivity index (χ0n) is 19.1. The fourth-order valence-electron chi connectivity index (χ4n) is 3.92. The van der Waals surface area contributed by atoms with Gasteiger partial charge in [0.25, 0.3) is 5.56 Å². The standard InChI is InChI=1S/C26H33N3O2/c1-5-7-16-24(30)28(17-8-6-2)20(4)25-27-23-15-10-9-14-22(23)26(31)29(25)21-13-11-12-19(3)18-21/h9-15,18,20H,5-8,16-17H2,1-4H3. The van der Waals surface area contributed by atoms with Crippen LogP contribution in [0.2, 0.25) is 0 Å². The highest BCUT2D eigenvalue weighted by Gasteiger charge is 2.26. The van der Waals surface area contributed by atoms with Crippen LogP contribution in [0.5, 0.6) is 0 Å². The number of hydrogen-bond acceptors (Lipinski definition) is 3. The van der Waals surface area contributed by atoms with E-state index in [9.17, 15) is 9.59 Å². The predicted octanol–water partition coefficient (Wildman–Crippen LogP) is 5.57. The van der Waals surface area contributed by atoms with Gasteiger partial charge in [0.1, 0.15) is 5.82 Å². The number of unbranched alkanes of at least 4 members (excludes halogenated alkanes) is 2. The summed E-state index contributed by atoms with van der Waals surface area (Å²) in [6.07, 6.45) is 4.28. The van der Waals surface area contributed by atoms with E-state index in [4.69, 9.17) is 4.98 Å². The van der Waals surface area contributed by atoms with Crippen molar-refractivity contribution in [2.75, 3.05) is 6.54 Å². The Morgan fingerprint density at radius 3 is 2.52 bits per heavy atom. The molecule has 0 N–H and O–H groups in total. The second-order valence-corrected chi connectivity index (χ2v) is 8.19. The number of aryl methyl sites for hydroxylation is 1. The number of fused-ring (bicyclic) bond motifs is 1. The van der Waals surface area contributed by atoms with E-state index in [0.29, 0.717) is 29.7 Å². The summed E-state index contributed by atoms with van der Waals surface area (Å²) in [7, 11) is 0. The predicted molar refractivity (Wildman–Crippen MR) is 127 cm³/mol. The summed E-state index contributed by atoms with van der Waals surface area (Å²) in [5.74, 6) is 0.733. The normalized spacial score (nSPS) is 12.1. The summed E-state index contributed by atoms with van der Waals surface area (Å²) in [4.78, 5) is 33.5. The van der Waals surface area contributed by atoms with Crippen LogP contribution < -0.4 is 5.56 Å². The second-order valence-electron chi connectivity index (χ2n) is 8.19. The molecule has 5 nitrogen and oxygen atoms in total. The van der Waals surface area contributed by atoms with Crippen LogP contribution in [-0.2, 0) is 4.79 Å². The molecule has 3 rings (SSSR count). The van der Waals surface area contributed by atoms with Crippen molar-refractivity contribution in [2.45, 2.75) is 65.8 Å². The summed E-state index contributed by atoms with van der Waals surface area (Å²) in [5.41, 5.74) is 2.41. The van der Waals surface area contributed by atoms with Crippen LogP contribution in [0.25, 0.3) is 16.6 Å². The number of carbonyl (C=O) groups is 1. The molecule has 31 heavy (non-hydrogen) atoms. The lowest BCUT2D eigenvalue weighted by atomic mass is 10.1. The number of hydrogen-bond donors (Lipinski definition) is 0. The Hall–Kier alpha value is -2.95. The lowest BCUT2D eigenvalue weighted by molar-refractivity contribution is -0.133. The van der Waals surface area contributed by atoms with Gasteiger partial charge >= 0.3 is 0 Å². The van der Waals surface area contributed by atoms with Crippen molar-refractivity contribution < 1.29 is 4.79 Å². The summed E-state index contributed by atoms with van der Waals surface area (Å²) in [6, 6.07) is 15.0. The largest absolute Gasteiger partial charge is 0.333 e. The minimum Gasteiger partial charge on any atom is -0.333 e. The molecular weight excluding hydrogens is 386 g/mol. The Bertz CT molecular complexity index is 1100. The van der Waals surface area contributed by atoms with Crippen molar-refractivity contribution in [3.63, 3.8) is 0 Å². The number of carbonyl (C=O) groups excluding carboxylic acids is 1. The molecule has 0 saturated heterocycles. The third-order valence-electron chi connectivity index (χ3n) is 5.72. The molecule has 2 aromatic carbocycles. The molecular formula is C26H33N3O2. The van der Waals surface area contributed by atoms with Gasteiger partial charge in [-0.05, 0) is 56.5 Å². The fourth-order valence-corrected chi connectivity index (χ4v) is 3.92. The summed E-state index contributed by atoms with van der Waals surface area (Å²) in [5, 5.41) is 0.581. The van der Waals surface area contributed by atoms with Crippen LogP contribution in [0.3, 0.4) is 0 Å². The lowest BCUT2D eigenvalue weighted by Gasteiger charge is -2.31. The first-order chi connectivity index (χ1) is 15.0. The summed E-state index contributed by atoms with van der Waals surface area (Å²) in [6.45, 7) is 8.87. The third-order valence-corrected chi connectivity index (χ3v) is 5.72. The molecule has 5 heteroatoms. The maximum absolute atomic E-state index is 13.6. The quantitative estimate of drug-likeness (QED) is 0.455. The van der Waals surface area contributed by atoms with Gasteiger partial charge in [0.05, 0.1) is 22.6 Å². The monoisotopic (exact) mass is 419 g/mol. The Morgan fingerprint density at radius 1 is 1.06 bits per heavy atom. The number of para-hydroxylation sites is 1. The van der Waals surface area contributed by atoms with Crippen LogP contribution in [0.1, 0.15) is 70.3 Å². The van der Waals surface area contributed by atoms with E-state index >= 15 is 0 Å². The molecule has 164 valence electrons. The van der Waals surface area contributed by atoms with Gasteiger partial charge < -0.3 is 4.90 Å². The zero-order chi connectivity index (χ0) is 22.4. The molecule has 0 saturated carbocycles. The molecule has 0 spiro atoms. The van der Waals surface area contributed by atoms with Crippen molar-refractivity contribution in [1.29, 1.82) is 0 Å². The molecule has 0 radical (unpaired) electrons. The van der Waals surface area contributed by atoms with E-state index < -0.39 is 0 Å². The first kappa shape index (κ1) is 22.7. The molecule has 0 aliphatic heterocycles. The highest BCUT2D eigenvalue weighted by molar-refractivity contribution is 5.79. The average molecular weight is 420 g/mol. The molecule has 3 aromatic rings. The van der Waals surface area contributed by atoms with Gasteiger partial charge in [-0.3, -0.25) is 14.2 Å². The van der Waals surface area contributed by atoms with Crippen molar-refractivity contribution >= 4 is 16.8 Å². The maximum Gasteiger partial charge on any atom is 0.266 e. The van der Waals surface area contributed by atoms with Gasteiger partial charge in [0.15, 0.2) is 0 Å². The average Bonchev–Trinajstić information content (AvgIpc) is 2.77. The summed E-state index contributed by atoms with van der Waals surface area (Å²) >= 11 is 0. The SMILES string of the molecule is CCCCC(=O)N(CCCC)C(C)c1nc2ccccc2c(=O)n1-c1cccc(C)c1. The first-order valence-electron chi connectivity index (χ1n) is 11.4. The second kappa shape index (κ2) is 10.4. The van der Waals surface area contributed by atoms with Crippen molar-refractivity contribution in [3.05, 3.63) is 70.3 Å². The summed E-state index contributed by atoms with van der Waals surface area (Å²) < 4.78 is 1.69. The Morgan fingerprint density at radius 2 is 1.81 bits per heavy atom. The van der Waals surface area contributed by atoms with E-state index in [1.807, 2.05) is 67.3 Å². The van der Waals surface area contributed by atoms with Crippen LogP contribution >= 0.6 is 0 Å². The third kappa shape index (κ3) is 5.04. The van der Waals surface area contributed by atoms with Crippen molar-refractivity contribution in [1.82, 2.24) is 14.5 Å². The molecule has 0 aliphatic carbocycles. The maximum atomic E-state index is 13.6. The van der Waals surface area contributed by atoms with Gasteiger partial charge in [-0.15, -0.1) is 0 Å². The molecule has 1 heterocycles. The van der Waals surface area contributed by atoms with Gasteiger partial charge in [-0.1, -0.05) is 51.0 Å². The smallest absolute Gasteiger partial charge is 0.266 e. The topological polar surface area (TPSA) is 55.2 Å². The molecule has 1 atom stereocenters. The molecule has 0 aliphatic rings. The van der Waals surface area contributed by atoms with Gasteiger partial charge in [0.2, 0.25) is 5.91 Å². The van der Waals surface area contributed by atoms with Crippen molar-refractivity contribution in [2.24, 2.45) is 0 Å². The van der Waals surface area contributed by atoms with Crippen LogP contribution in [0, 0.1) is 6.92 Å². The van der Waals surface area contributed by atoms with Crippen LogP contribution in [0.15, 0.2) is 53.3 Å². The van der Waals surface area contributed by atoms with E-state index in [-0.39, 0.29) is 17.5 Å². The highest BCUT2D eigenvalue weighted by atomic mass is 16.2. The number of aromatic nitrogens is 2. The van der Waals surface area contributed by atoms with Gasteiger partial charge in [-0.2, -0.15) is 0 Å². The van der Waals surface area contributed by atoms with Crippen molar-refractivity contribution in [3.8, 4) is 5.69 Å². The Labute approximate surface area is 184 Å². The lowest BCUT2D eigenvalue weighted by Crippen LogP contribution is -2.38. The van der Waals surface area contributed by atoms with Gasteiger partial charge in [-0.25, -0.2) is 4.98 Å². The van der Waals surface area contributed by atoms with E-state index in [0.717, 1.165) is 36.9 Å².